The molecule has 0 radical (unpaired) electrons. The zero-order valence-electron chi connectivity index (χ0n) is 16.6. The molecule has 1 fully saturated rings. The standard InChI is InChI=1S/C21H21ClN4O3S2/c22-17-8-6-16(7-9-17)20-24-25-21(26(20)12-15-4-2-1-3-5-15)30-13-19(27)23-18-10-11-31(28,29)14-18/h1-9,18H,10-14H2,(H,23,27)/t18-/m1/s1. The second kappa shape index (κ2) is 9.42. The van der Waals surface area contributed by atoms with E-state index in [1.807, 2.05) is 47.0 Å². The van der Waals surface area contributed by atoms with Crippen LogP contribution in [0.25, 0.3) is 11.4 Å². The van der Waals surface area contributed by atoms with Crippen molar-refractivity contribution in [2.24, 2.45) is 0 Å². The topological polar surface area (TPSA) is 93.9 Å². The molecule has 0 aliphatic carbocycles. The number of nitrogens with zero attached hydrogens (tertiary/aromatic N) is 3. The van der Waals surface area contributed by atoms with Crippen molar-refractivity contribution in [2.75, 3.05) is 17.3 Å². The summed E-state index contributed by atoms with van der Waals surface area (Å²) < 4.78 is 25.2. The van der Waals surface area contributed by atoms with Gasteiger partial charge in [0.25, 0.3) is 0 Å². The fourth-order valence-electron chi connectivity index (χ4n) is 3.42. The number of thioether (sulfide) groups is 1. The Hall–Kier alpha value is -2.36. The van der Waals surface area contributed by atoms with E-state index in [9.17, 15) is 13.2 Å². The summed E-state index contributed by atoms with van der Waals surface area (Å²) in [5, 5.41) is 12.7. The van der Waals surface area contributed by atoms with Crippen LogP contribution in [0, 0.1) is 0 Å². The minimum atomic E-state index is -3.04. The Morgan fingerprint density at radius 3 is 2.55 bits per heavy atom. The van der Waals surface area contributed by atoms with E-state index in [0.29, 0.717) is 29.0 Å². The molecule has 0 saturated carbocycles. The highest BCUT2D eigenvalue weighted by molar-refractivity contribution is 7.99. The molecule has 0 unspecified atom stereocenters. The zero-order valence-corrected chi connectivity index (χ0v) is 19.0. The van der Waals surface area contributed by atoms with Crippen molar-refractivity contribution in [2.45, 2.75) is 24.2 Å². The van der Waals surface area contributed by atoms with Crippen molar-refractivity contribution in [3.63, 3.8) is 0 Å². The Balaban J connectivity index is 1.51. The number of hydrogen-bond donors (Lipinski definition) is 1. The van der Waals surface area contributed by atoms with Crippen molar-refractivity contribution >= 4 is 39.1 Å². The van der Waals surface area contributed by atoms with Gasteiger partial charge < -0.3 is 5.32 Å². The van der Waals surface area contributed by atoms with Crippen molar-refractivity contribution < 1.29 is 13.2 Å². The second-order valence-electron chi connectivity index (χ2n) is 7.34. The van der Waals surface area contributed by atoms with E-state index < -0.39 is 9.84 Å². The van der Waals surface area contributed by atoms with Crippen LogP contribution in [0.3, 0.4) is 0 Å². The molecular formula is C21H21ClN4O3S2. The number of hydrogen-bond acceptors (Lipinski definition) is 6. The number of amides is 1. The first-order chi connectivity index (χ1) is 14.9. The lowest BCUT2D eigenvalue weighted by atomic mass is 10.2. The number of nitrogens with one attached hydrogen (secondary N) is 1. The average Bonchev–Trinajstić information content (AvgIpc) is 3.30. The highest BCUT2D eigenvalue weighted by Gasteiger charge is 2.29. The number of rotatable bonds is 7. The molecule has 2 aromatic carbocycles. The van der Waals surface area contributed by atoms with E-state index >= 15 is 0 Å². The van der Waals surface area contributed by atoms with Crippen LogP contribution in [-0.2, 0) is 21.2 Å². The molecule has 2 heterocycles. The first-order valence-corrected chi connectivity index (χ1v) is 12.9. The summed E-state index contributed by atoms with van der Waals surface area (Å²) in [5.74, 6) is 0.735. The number of carbonyl (C=O) groups is 1. The number of sulfone groups is 1. The minimum absolute atomic E-state index is 0.00825. The molecule has 1 saturated heterocycles. The molecular weight excluding hydrogens is 456 g/mol. The molecule has 1 N–H and O–H groups in total. The highest BCUT2D eigenvalue weighted by Crippen LogP contribution is 2.26. The normalized spacial score (nSPS) is 17.5. The van der Waals surface area contributed by atoms with Gasteiger partial charge in [-0.3, -0.25) is 9.36 Å². The molecule has 1 atom stereocenters. The van der Waals surface area contributed by atoms with Gasteiger partial charge in [-0.1, -0.05) is 53.7 Å². The molecule has 1 amide bonds. The van der Waals surface area contributed by atoms with E-state index in [4.69, 9.17) is 11.6 Å². The molecule has 3 aromatic rings. The first kappa shape index (κ1) is 21.9. The summed E-state index contributed by atoms with van der Waals surface area (Å²) in [6.07, 6.45) is 0.462. The third kappa shape index (κ3) is 5.66. The predicted molar refractivity (Wildman–Crippen MR) is 122 cm³/mol. The van der Waals surface area contributed by atoms with Gasteiger partial charge in [-0.2, -0.15) is 0 Å². The quantitative estimate of drug-likeness (QED) is 0.527. The number of benzene rings is 2. The maximum absolute atomic E-state index is 12.4. The summed E-state index contributed by atoms with van der Waals surface area (Å²) in [5.41, 5.74) is 1.96. The third-order valence-electron chi connectivity index (χ3n) is 4.93. The maximum atomic E-state index is 12.4. The summed E-state index contributed by atoms with van der Waals surface area (Å²) in [6, 6.07) is 17.0. The lowest BCUT2D eigenvalue weighted by molar-refractivity contribution is -0.119. The smallest absolute Gasteiger partial charge is 0.230 e. The average molecular weight is 477 g/mol. The van der Waals surface area contributed by atoms with Crippen molar-refractivity contribution in [1.82, 2.24) is 20.1 Å². The molecule has 162 valence electrons. The van der Waals surface area contributed by atoms with Crippen molar-refractivity contribution in [3.8, 4) is 11.4 Å². The highest BCUT2D eigenvalue weighted by atomic mass is 35.5. The number of carbonyl (C=O) groups excluding carboxylic acids is 1. The summed E-state index contributed by atoms with van der Waals surface area (Å²) in [6.45, 7) is 0.552. The molecule has 31 heavy (non-hydrogen) atoms. The molecule has 1 aliphatic heterocycles. The van der Waals surface area contributed by atoms with Gasteiger partial charge in [0.1, 0.15) is 0 Å². The monoisotopic (exact) mass is 476 g/mol. The van der Waals surface area contributed by atoms with Crippen molar-refractivity contribution in [3.05, 3.63) is 65.2 Å². The van der Waals surface area contributed by atoms with E-state index in [0.717, 1.165) is 11.1 Å². The van der Waals surface area contributed by atoms with Gasteiger partial charge in [0.2, 0.25) is 5.91 Å². The van der Waals surface area contributed by atoms with Gasteiger partial charge in [-0.25, -0.2) is 8.42 Å². The van der Waals surface area contributed by atoms with Gasteiger partial charge >= 0.3 is 0 Å². The Morgan fingerprint density at radius 2 is 1.87 bits per heavy atom. The first-order valence-electron chi connectivity index (χ1n) is 9.75. The van der Waals surface area contributed by atoms with Crippen LogP contribution in [0.2, 0.25) is 5.02 Å². The van der Waals surface area contributed by atoms with E-state index in [1.54, 1.807) is 12.1 Å². The number of aromatic nitrogens is 3. The fraction of sp³-hybridized carbons (Fsp3) is 0.286. The lowest BCUT2D eigenvalue weighted by Crippen LogP contribution is -2.36. The van der Waals surface area contributed by atoms with Crippen molar-refractivity contribution in [1.29, 1.82) is 0 Å². The van der Waals surface area contributed by atoms with Crippen LogP contribution in [0.5, 0.6) is 0 Å². The van der Waals surface area contributed by atoms with Crippen LogP contribution < -0.4 is 5.32 Å². The summed E-state index contributed by atoms with van der Waals surface area (Å²) in [7, 11) is -3.04. The van der Waals surface area contributed by atoms with E-state index in [1.165, 1.54) is 11.8 Å². The Bertz CT molecular complexity index is 1170. The largest absolute Gasteiger partial charge is 0.352 e. The van der Waals surface area contributed by atoms with Crippen LogP contribution in [0.1, 0.15) is 12.0 Å². The maximum Gasteiger partial charge on any atom is 0.230 e. The molecule has 10 heteroatoms. The predicted octanol–water partition coefficient (Wildman–Crippen LogP) is 3.04. The SMILES string of the molecule is O=C(CSc1nnc(-c2ccc(Cl)cc2)n1Cc1ccccc1)N[C@@H]1CCS(=O)(=O)C1. The Kier molecular flexibility index (Phi) is 6.64. The Morgan fingerprint density at radius 1 is 1.13 bits per heavy atom. The van der Waals surface area contributed by atoms with Crippen LogP contribution in [0.15, 0.2) is 59.8 Å². The minimum Gasteiger partial charge on any atom is -0.352 e. The molecule has 7 nitrogen and oxygen atoms in total. The Labute approximate surface area is 190 Å². The van der Waals surface area contributed by atoms with Crippen LogP contribution >= 0.6 is 23.4 Å². The molecule has 0 spiro atoms. The zero-order chi connectivity index (χ0) is 21.8. The van der Waals surface area contributed by atoms with Gasteiger partial charge in [0, 0.05) is 16.6 Å². The second-order valence-corrected chi connectivity index (χ2v) is 10.9. The third-order valence-corrected chi connectivity index (χ3v) is 7.92. The van der Waals surface area contributed by atoms with Crippen LogP contribution in [0.4, 0.5) is 0 Å². The van der Waals surface area contributed by atoms with Gasteiger partial charge in [0.05, 0.1) is 23.8 Å². The summed E-state index contributed by atoms with van der Waals surface area (Å²) in [4.78, 5) is 12.4. The van der Waals surface area contributed by atoms with E-state index in [2.05, 4.69) is 15.5 Å². The van der Waals surface area contributed by atoms with Crippen LogP contribution in [-0.4, -0.2) is 52.4 Å². The molecule has 4 rings (SSSR count). The molecule has 1 aromatic heterocycles. The van der Waals surface area contributed by atoms with Gasteiger partial charge in [0.15, 0.2) is 20.8 Å². The molecule has 0 bridgehead atoms. The summed E-state index contributed by atoms with van der Waals surface area (Å²) >= 11 is 7.29. The molecule has 1 aliphatic rings. The van der Waals surface area contributed by atoms with Gasteiger partial charge in [-0.05, 0) is 36.2 Å². The van der Waals surface area contributed by atoms with E-state index in [-0.39, 0.29) is 29.2 Å². The van der Waals surface area contributed by atoms with Gasteiger partial charge in [-0.15, -0.1) is 10.2 Å². The lowest BCUT2D eigenvalue weighted by Gasteiger charge is -2.12. The number of halogens is 1. The fourth-order valence-corrected chi connectivity index (χ4v) is 5.97.